The van der Waals surface area contributed by atoms with Crippen molar-refractivity contribution in [1.82, 2.24) is 0 Å². The molecule has 4 nitrogen and oxygen atoms in total. The van der Waals surface area contributed by atoms with E-state index in [4.69, 9.17) is 11.6 Å². The van der Waals surface area contributed by atoms with Crippen LogP contribution in [0.15, 0.2) is 59.6 Å². The molecule has 0 atom stereocenters. The Balaban J connectivity index is 1.83. The topological polar surface area (TPSA) is 49.4 Å². The van der Waals surface area contributed by atoms with Gasteiger partial charge in [-0.05, 0) is 67.6 Å². The first-order valence-electron chi connectivity index (χ1n) is 9.14. The molecule has 0 radical (unpaired) electrons. The molecule has 0 spiro atoms. The number of nitrogens with zero attached hydrogens (tertiary/aromatic N) is 1. The molecule has 2 aromatic carbocycles. The van der Waals surface area contributed by atoms with Gasteiger partial charge in [-0.15, -0.1) is 11.3 Å². The zero-order valence-electron chi connectivity index (χ0n) is 16.2. The molecule has 0 aliphatic carbocycles. The van der Waals surface area contributed by atoms with Gasteiger partial charge in [-0.3, -0.25) is 9.59 Å². The van der Waals surface area contributed by atoms with Gasteiger partial charge in [-0.2, -0.15) is 0 Å². The van der Waals surface area contributed by atoms with E-state index in [1.54, 1.807) is 18.2 Å². The average Bonchev–Trinajstić information content (AvgIpc) is 3.26. The third-order valence-electron chi connectivity index (χ3n) is 4.89. The average molecular weight is 423 g/mol. The molecule has 0 unspecified atom stereocenters. The fourth-order valence-electron chi connectivity index (χ4n) is 3.47. The summed E-state index contributed by atoms with van der Waals surface area (Å²) in [6.45, 7) is 5.83. The van der Waals surface area contributed by atoms with Gasteiger partial charge in [-0.25, -0.2) is 4.90 Å². The Hall–Kier alpha value is -2.89. The molecular formula is C23H19ClN2O2S. The van der Waals surface area contributed by atoms with E-state index in [0.717, 1.165) is 27.3 Å². The summed E-state index contributed by atoms with van der Waals surface area (Å²) in [6, 6.07) is 14.8. The number of nitrogens with one attached hydrogen (secondary N) is 1. The largest absolute Gasteiger partial charge is 0.350 e. The third kappa shape index (κ3) is 3.48. The Morgan fingerprint density at radius 2 is 1.72 bits per heavy atom. The fourth-order valence-corrected chi connectivity index (χ4v) is 4.47. The highest BCUT2D eigenvalue weighted by Gasteiger charge is 2.41. The van der Waals surface area contributed by atoms with Gasteiger partial charge in [0.25, 0.3) is 11.8 Å². The van der Waals surface area contributed by atoms with Crippen LogP contribution in [0.2, 0.25) is 5.02 Å². The third-order valence-corrected chi connectivity index (χ3v) is 6.02. The molecule has 3 aromatic rings. The molecule has 2 amide bonds. The molecule has 1 aliphatic rings. The Morgan fingerprint density at radius 1 is 0.931 bits per heavy atom. The summed E-state index contributed by atoms with van der Waals surface area (Å²) in [6.07, 6.45) is 0. The van der Waals surface area contributed by atoms with Crippen molar-refractivity contribution in [3.63, 3.8) is 0 Å². The quantitative estimate of drug-likeness (QED) is 0.547. The minimum Gasteiger partial charge on any atom is -0.350 e. The Morgan fingerprint density at radius 3 is 2.38 bits per heavy atom. The molecule has 2 heterocycles. The van der Waals surface area contributed by atoms with Crippen molar-refractivity contribution in [2.24, 2.45) is 0 Å². The van der Waals surface area contributed by atoms with Crippen molar-refractivity contribution in [3.05, 3.63) is 86.2 Å². The number of carbonyl (C=O) groups excluding carboxylic acids is 2. The highest BCUT2D eigenvalue weighted by molar-refractivity contribution is 7.11. The highest BCUT2D eigenvalue weighted by Crippen LogP contribution is 2.37. The first-order valence-corrected chi connectivity index (χ1v) is 10.4. The summed E-state index contributed by atoms with van der Waals surface area (Å²) in [5.41, 5.74) is 4.92. The number of imide groups is 1. The van der Waals surface area contributed by atoms with Gasteiger partial charge < -0.3 is 5.32 Å². The lowest BCUT2D eigenvalue weighted by Crippen LogP contribution is -2.33. The minimum absolute atomic E-state index is 0.291. The zero-order valence-corrected chi connectivity index (χ0v) is 17.8. The van der Waals surface area contributed by atoms with Crippen molar-refractivity contribution < 1.29 is 9.59 Å². The fraction of sp³-hybridized carbons (Fsp3) is 0.130. The van der Waals surface area contributed by atoms with Crippen LogP contribution in [0.4, 0.5) is 11.4 Å². The molecule has 29 heavy (non-hydrogen) atoms. The number of carbonyl (C=O) groups is 2. The van der Waals surface area contributed by atoms with E-state index in [9.17, 15) is 9.59 Å². The van der Waals surface area contributed by atoms with Gasteiger partial charge in [0, 0.05) is 15.6 Å². The number of benzene rings is 2. The second kappa shape index (κ2) is 7.50. The zero-order chi connectivity index (χ0) is 20.7. The standard InChI is InChI=1S/C23H19ClN2O2S/c1-13-6-8-17(14(2)11-13)25-21-20(19-5-4-10-29-19)22(27)26(23(21)28)18-9-7-16(24)12-15(18)3/h4-12,25H,1-3H3. The number of rotatable bonds is 4. The number of hydrogen-bond donors (Lipinski definition) is 1. The first-order chi connectivity index (χ1) is 13.9. The van der Waals surface area contributed by atoms with Crippen LogP contribution in [-0.4, -0.2) is 11.8 Å². The molecule has 4 rings (SSSR count). The molecule has 1 aromatic heterocycles. The number of anilines is 2. The predicted molar refractivity (Wildman–Crippen MR) is 119 cm³/mol. The summed E-state index contributed by atoms with van der Waals surface area (Å²) < 4.78 is 0. The van der Waals surface area contributed by atoms with Crippen molar-refractivity contribution in [2.75, 3.05) is 10.2 Å². The SMILES string of the molecule is Cc1ccc(NC2=C(c3cccs3)C(=O)N(c3ccc(Cl)cc3C)C2=O)c(C)c1. The lowest BCUT2D eigenvalue weighted by atomic mass is 10.1. The van der Waals surface area contributed by atoms with Gasteiger partial charge in [0.2, 0.25) is 0 Å². The van der Waals surface area contributed by atoms with Gasteiger partial charge in [0.05, 0.1) is 11.3 Å². The Labute approximate surface area is 178 Å². The first kappa shape index (κ1) is 19.4. The number of halogens is 1. The molecule has 0 fully saturated rings. The maximum absolute atomic E-state index is 13.4. The second-order valence-corrected chi connectivity index (χ2v) is 8.43. The second-order valence-electron chi connectivity index (χ2n) is 7.05. The maximum Gasteiger partial charge on any atom is 0.282 e. The van der Waals surface area contributed by atoms with E-state index in [2.05, 4.69) is 5.32 Å². The lowest BCUT2D eigenvalue weighted by Gasteiger charge is -2.18. The summed E-state index contributed by atoms with van der Waals surface area (Å²) in [4.78, 5) is 28.8. The lowest BCUT2D eigenvalue weighted by molar-refractivity contribution is -0.120. The van der Waals surface area contributed by atoms with Crippen molar-refractivity contribution in [2.45, 2.75) is 20.8 Å². The van der Waals surface area contributed by atoms with Crippen LogP contribution in [-0.2, 0) is 9.59 Å². The smallest absolute Gasteiger partial charge is 0.282 e. The normalized spacial score (nSPS) is 14.1. The van der Waals surface area contributed by atoms with Crippen LogP contribution in [0.1, 0.15) is 21.6 Å². The summed E-state index contributed by atoms with van der Waals surface area (Å²) >= 11 is 7.50. The van der Waals surface area contributed by atoms with E-state index >= 15 is 0 Å². The molecule has 0 bridgehead atoms. The van der Waals surface area contributed by atoms with E-state index in [1.807, 2.05) is 56.5 Å². The highest BCUT2D eigenvalue weighted by atomic mass is 35.5. The maximum atomic E-state index is 13.4. The minimum atomic E-state index is -0.371. The number of amides is 2. The molecular weight excluding hydrogens is 404 g/mol. The molecule has 0 saturated carbocycles. The van der Waals surface area contributed by atoms with Crippen molar-refractivity contribution in [3.8, 4) is 0 Å². The van der Waals surface area contributed by atoms with Gasteiger partial charge in [0.15, 0.2) is 0 Å². The van der Waals surface area contributed by atoms with E-state index < -0.39 is 0 Å². The van der Waals surface area contributed by atoms with Crippen LogP contribution < -0.4 is 10.2 Å². The monoisotopic (exact) mass is 422 g/mol. The van der Waals surface area contributed by atoms with Crippen molar-refractivity contribution in [1.29, 1.82) is 0 Å². The summed E-state index contributed by atoms with van der Waals surface area (Å²) in [7, 11) is 0. The van der Waals surface area contributed by atoms with Crippen LogP contribution in [0.25, 0.3) is 5.57 Å². The number of thiophene rings is 1. The van der Waals surface area contributed by atoms with Crippen LogP contribution in [0, 0.1) is 20.8 Å². The van der Waals surface area contributed by atoms with E-state index in [0.29, 0.717) is 22.0 Å². The summed E-state index contributed by atoms with van der Waals surface area (Å²) in [5, 5.41) is 5.69. The Bertz CT molecular complexity index is 1170. The molecule has 1 aliphatic heterocycles. The van der Waals surface area contributed by atoms with Crippen LogP contribution in [0.3, 0.4) is 0 Å². The van der Waals surface area contributed by atoms with Gasteiger partial charge in [-0.1, -0.05) is 35.4 Å². The summed E-state index contributed by atoms with van der Waals surface area (Å²) in [5.74, 6) is -0.709. The van der Waals surface area contributed by atoms with Crippen LogP contribution in [0.5, 0.6) is 0 Å². The predicted octanol–water partition coefficient (Wildman–Crippen LogP) is 5.72. The Kier molecular flexibility index (Phi) is 5.03. The molecule has 1 N–H and O–H groups in total. The van der Waals surface area contributed by atoms with Crippen molar-refractivity contribution >= 4 is 51.7 Å². The molecule has 6 heteroatoms. The van der Waals surface area contributed by atoms with Gasteiger partial charge in [0.1, 0.15) is 5.70 Å². The van der Waals surface area contributed by atoms with E-state index in [1.165, 1.54) is 16.2 Å². The number of aryl methyl sites for hydroxylation is 3. The van der Waals surface area contributed by atoms with Crippen LogP contribution >= 0.6 is 22.9 Å². The molecule has 0 saturated heterocycles. The molecule has 146 valence electrons. The van der Waals surface area contributed by atoms with E-state index in [-0.39, 0.29) is 11.8 Å². The number of hydrogen-bond acceptors (Lipinski definition) is 4. The van der Waals surface area contributed by atoms with Gasteiger partial charge >= 0.3 is 0 Å².